The molecule has 0 aliphatic rings. The molecule has 3 aromatic rings. The number of benzene rings is 2. The van der Waals surface area contributed by atoms with E-state index in [2.05, 4.69) is 10.4 Å². The van der Waals surface area contributed by atoms with E-state index in [0.717, 1.165) is 10.7 Å². The van der Waals surface area contributed by atoms with E-state index in [1.54, 1.807) is 6.07 Å². The number of para-hydroxylation sites is 2. The molecule has 142 valence electrons. The first-order chi connectivity index (χ1) is 13.3. The fourth-order valence-corrected chi connectivity index (χ4v) is 2.70. The van der Waals surface area contributed by atoms with Crippen molar-refractivity contribution in [2.75, 3.05) is 5.32 Å². The number of aryl methyl sites for hydroxylation is 1. The lowest BCUT2D eigenvalue weighted by molar-refractivity contribution is -0.384. The van der Waals surface area contributed by atoms with Crippen molar-refractivity contribution < 1.29 is 14.1 Å². The van der Waals surface area contributed by atoms with Crippen LogP contribution in [-0.4, -0.2) is 20.6 Å². The van der Waals surface area contributed by atoms with Crippen molar-refractivity contribution >= 4 is 28.9 Å². The van der Waals surface area contributed by atoms with Gasteiger partial charge in [-0.15, -0.1) is 0 Å². The molecule has 3 rings (SSSR count). The number of anilines is 1. The van der Waals surface area contributed by atoms with Gasteiger partial charge in [0, 0.05) is 17.8 Å². The van der Waals surface area contributed by atoms with Crippen molar-refractivity contribution in [1.29, 1.82) is 0 Å². The SMILES string of the molecule is Cc1cc(=O)c(C(=O)Nc2cccc(Cl)c2F)nn1-c1ccccc1[N+](=O)[O-]. The van der Waals surface area contributed by atoms with Crippen LogP contribution < -0.4 is 10.7 Å². The largest absolute Gasteiger partial charge is 0.318 e. The lowest BCUT2D eigenvalue weighted by Gasteiger charge is -2.12. The monoisotopic (exact) mass is 402 g/mol. The Morgan fingerprint density at radius 3 is 2.68 bits per heavy atom. The molecule has 28 heavy (non-hydrogen) atoms. The molecule has 8 nitrogen and oxygen atoms in total. The Kier molecular flexibility index (Phi) is 5.18. The lowest BCUT2D eigenvalue weighted by atomic mass is 10.2. The number of carbonyl (C=O) groups is 1. The number of nitrogens with one attached hydrogen (secondary N) is 1. The Labute approximate surface area is 162 Å². The predicted molar refractivity (Wildman–Crippen MR) is 101 cm³/mol. The normalized spacial score (nSPS) is 10.5. The third-order valence-electron chi connectivity index (χ3n) is 3.83. The lowest BCUT2D eigenvalue weighted by Crippen LogP contribution is -2.27. The highest BCUT2D eigenvalue weighted by Crippen LogP contribution is 2.23. The average molecular weight is 403 g/mol. The van der Waals surface area contributed by atoms with Crippen molar-refractivity contribution in [2.24, 2.45) is 0 Å². The second-order valence-corrected chi connectivity index (χ2v) is 6.12. The zero-order valence-corrected chi connectivity index (χ0v) is 15.1. The van der Waals surface area contributed by atoms with Gasteiger partial charge in [-0.2, -0.15) is 5.10 Å². The Morgan fingerprint density at radius 2 is 1.96 bits per heavy atom. The van der Waals surface area contributed by atoms with Gasteiger partial charge in [0.1, 0.15) is 5.69 Å². The zero-order chi connectivity index (χ0) is 20.4. The number of rotatable bonds is 4. The van der Waals surface area contributed by atoms with Crippen LogP contribution in [0.25, 0.3) is 5.69 Å². The summed E-state index contributed by atoms with van der Waals surface area (Å²) in [6.45, 7) is 1.52. The molecule has 1 aromatic heterocycles. The maximum atomic E-state index is 14.0. The van der Waals surface area contributed by atoms with Crippen LogP contribution in [0.15, 0.2) is 53.3 Å². The summed E-state index contributed by atoms with van der Waals surface area (Å²) >= 11 is 5.68. The molecule has 0 aliphatic heterocycles. The first-order valence-corrected chi connectivity index (χ1v) is 8.27. The Morgan fingerprint density at radius 1 is 1.25 bits per heavy atom. The molecule has 0 atom stereocenters. The average Bonchev–Trinajstić information content (AvgIpc) is 2.65. The molecule has 1 amide bonds. The zero-order valence-electron chi connectivity index (χ0n) is 14.3. The molecule has 0 bridgehead atoms. The summed E-state index contributed by atoms with van der Waals surface area (Å²) in [7, 11) is 0. The predicted octanol–water partition coefficient (Wildman–Crippen LogP) is 3.49. The van der Waals surface area contributed by atoms with Crippen LogP contribution >= 0.6 is 11.6 Å². The summed E-state index contributed by atoms with van der Waals surface area (Å²) < 4.78 is 15.1. The number of amides is 1. The molecule has 2 aromatic carbocycles. The standard InChI is InChI=1S/C18H12ClFN4O4/c1-10-9-15(25)17(18(26)21-12-6-4-5-11(19)16(12)20)22-23(10)13-7-2-3-8-14(13)24(27)28/h2-9H,1H3,(H,21,26). The molecule has 0 spiro atoms. The van der Waals surface area contributed by atoms with Crippen LogP contribution in [0, 0.1) is 22.9 Å². The minimum Gasteiger partial charge on any atom is -0.318 e. The molecule has 0 fully saturated rings. The number of hydrogen-bond donors (Lipinski definition) is 1. The summed E-state index contributed by atoms with van der Waals surface area (Å²) in [4.78, 5) is 35.4. The number of hydrogen-bond acceptors (Lipinski definition) is 5. The van der Waals surface area contributed by atoms with Gasteiger partial charge in [0.05, 0.1) is 15.6 Å². The molecule has 1 N–H and O–H groups in total. The maximum absolute atomic E-state index is 14.0. The first-order valence-electron chi connectivity index (χ1n) is 7.89. The fourth-order valence-electron chi connectivity index (χ4n) is 2.53. The Bertz CT molecular complexity index is 1160. The van der Waals surface area contributed by atoms with Crippen molar-refractivity contribution in [3.8, 4) is 5.69 Å². The smallest absolute Gasteiger partial charge is 0.294 e. The van der Waals surface area contributed by atoms with Gasteiger partial charge in [-0.1, -0.05) is 29.8 Å². The number of halogens is 2. The van der Waals surface area contributed by atoms with E-state index in [0.29, 0.717) is 0 Å². The van der Waals surface area contributed by atoms with Crippen LogP contribution in [0.1, 0.15) is 16.2 Å². The summed E-state index contributed by atoms with van der Waals surface area (Å²) in [6.07, 6.45) is 0. The molecule has 0 saturated heterocycles. The molecule has 0 aliphatic carbocycles. The van der Waals surface area contributed by atoms with Crippen LogP contribution in [-0.2, 0) is 0 Å². The summed E-state index contributed by atoms with van der Waals surface area (Å²) in [5, 5.41) is 17.3. The van der Waals surface area contributed by atoms with E-state index in [4.69, 9.17) is 11.6 Å². The number of aromatic nitrogens is 2. The Balaban J connectivity index is 2.08. The third kappa shape index (κ3) is 3.60. The van der Waals surface area contributed by atoms with Crippen LogP contribution in [0.4, 0.5) is 15.8 Å². The highest BCUT2D eigenvalue weighted by atomic mass is 35.5. The third-order valence-corrected chi connectivity index (χ3v) is 4.12. The van der Waals surface area contributed by atoms with Gasteiger partial charge in [0.15, 0.2) is 11.5 Å². The van der Waals surface area contributed by atoms with E-state index in [-0.39, 0.29) is 27.8 Å². The van der Waals surface area contributed by atoms with Crippen molar-refractivity contribution in [1.82, 2.24) is 9.78 Å². The highest BCUT2D eigenvalue weighted by Gasteiger charge is 2.21. The van der Waals surface area contributed by atoms with Gasteiger partial charge in [-0.05, 0) is 25.1 Å². The van der Waals surface area contributed by atoms with Gasteiger partial charge in [-0.25, -0.2) is 9.07 Å². The van der Waals surface area contributed by atoms with Gasteiger partial charge in [0.2, 0.25) is 5.43 Å². The first kappa shape index (κ1) is 19.2. The summed E-state index contributed by atoms with van der Waals surface area (Å²) in [5.74, 6) is -1.83. The van der Waals surface area contributed by atoms with Gasteiger partial charge in [-0.3, -0.25) is 19.7 Å². The van der Waals surface area contributed by atoms with Crippen LogP contribution in [0.5, 0.6) is 0 Å². The van der Waals surface area contributed by atoms with Crippen LogP contribution in [0.3, 0.4) is 0 Å². The molecule has 1 heterocycles. The number of nitro groups is 1. The van der Waals surface area contributed by atoms with E-state index in [9.17, 15) is 24.1 Å². The van der Waals surface area contributed by atoms with Crippen molar-refractivity contribution in [2.45, 2.75) is 6.92 Å². The number of nitro benzene ring substituents is 1. The second-order valence-electron chi connectivity index (χ2n) is 5.71. The van der Waals surface area contributed by atoms with Crippen LogP contribution in [0.2, 0.25) is 5.02 Å². The maximum Gasteiger partial charge on any atom is 0.294 e. The van der Waals surface area contributed by atoms with Gasteiger partial charge in [0.25, 0.3) is 11.6 Å². The molecule has 0 unspecified atom stereocenters. The van der Waals surface area contributed by atoms with E-state index >= 15 is 0 Å². The van der Waals surface area contributed by atoms with E-state index in [1.807, 2.05) is 0 Å². The number of carbonyl (C=O) groups excluding carboxylic acids is 1. The fraction of sp³-hybridized carbons (Fsp3) is 0.0556. The molecule has 0 radical (unpaired) electrons. The highest BCUT2D eigenvalue weighted by molar-refractivity contribution is 6.31. The molecular weight excluding hydrogens is 391 g/mol. The quantitative estimate of drug-likeness (QED) is 0.531. The molecular formula is C18H12ClFN4O4. The van der Waals surface area contributed by atoms with E-state index in [1.165, 1.54) is 43.3 Å². The molecule has 0 saturated carbocycles. The summed E-state index contributed by atoms with van der Waals surface area (Å²) in [6, 6.07) is 10.9. The van der Waals surface area contributed by atoms with Crippen molar-refractivity contribution in [3.05, 3.63) is 91.1 Å². The van der Waals surface area contributed by atoms with Gasteiger partial charge >= 0.3 is 0 Å². The summed E-state index contributed by atoms with van der Waals surface area (Å²) in [5.41, 5.74) is -1.39. The van der Waals surface area contributed by atoms with Gasteiger partial charge < -0.3 is 5.32 Å². The minimum absolute atomic E-state index is 0.0768. The number of nitrogens with zero attached hydrogens (tertiary/aromatic N) is 3. The van der Waals surface area contributed by atoms with Crippen molar-refractivity contribution in [3.63, 3.8) is 0 Å². The molecule has 10 heteroatoms. The minimum atomic E-state index is -0.974. The van der Waals surface area contributed by atoms with E-state index < -0.39 is 27.8 Å². The Hall–Kier alpha value is -3.59. The topological polar surface area (TPSA) is 107 Å². The second kappa shape index (κ2) is 7.57.